The molecule has 12 heteroatoms. The number of fused-ring (bicyclic) bond motifs is 1. The van der Waals surface area contributed by atoms with Crippen LogP contribution in [0.3, 0.4) is 0 Å². The number of carboxylic acids is 1. The standard InChI is InChI=1S/C38H34F3N3O6/c39-38(40,41)37(49)50-23-20-32(25-10-2-1-3-11-25)43-35(47)30-15-6-4-13-28(30)29-14-5-7-16-31(29)36(48)44(22-19-34(45)46)21-18-26-24-42-33-17-9-8-12-27(26)33/h1-17,24,32,42H,18-23H2,(H,43,47)(H,45,46). The van der Waals surface area contributed by atoms with Crippen LogP contribution in [0, 0.1) is 0 Å². The van der Waals surface area contributed by atoms with Gasteiger partial charge < -0.3 is 25.0 Å². The Morgan fingerprint density at radius 2 is 1.42 bits per heavy atom. The first-order chi connectivity index (χ1) is 24.0. The van der Waals surface area contributed by atoms with E-state index in [2.05, 4.69) is 15.0 Å². The number of nitrogens with one attached hydrogen (secondary N) is 2. The molecule has 0 fully saturated rings. The molecule has 4 aromatic carbocycles. The molecule has 0 spiro atoms. The first-order valence-electron chi connectivity index (χ1n) is 15.9. The van der Waals surface area contributed by atoms with Gasteiger partial charge >= 0.3 is 18.1 Å². The lowest BCUT2D eigenvalue weighted by molar-refractivity contribution is -0.199. The van der Waals surface area contributed by atoms with E-state index in [-0.39, 0.29) is 37.1 Å². The van der Waals surface area contributed by atoms with Crippen molar-refractivity contribution in [1.82, 2.24) is 15.2 Å². The highest BCUT2D eigenvalue weighted by Gasteiger charge is 2.41. The van der Waals surface area contributed by atoms with Crippen molar-refractivity contribution < 1.29 is 42.2 Å². The van der Waals surface area contributed by atoms with Crippen LogP contribution < -0.4 is 5.32 Å². The van der Waals surface area contributed by atoms with E-state index in [1.165, 1.54) is 4.90 Å². The predicted octanol–water partition coefficient (Wildman–Crippen LogP) is 6.96. The number of rotatable bonds is 14. The van der Waals surface area contributed by atoms with Crippen molar-refractivity contribution in [3.8, 4) is 11.1 Å². The van der Waals surface area contributed by atoms with Gasteiger partial charge in [-0.15, -0.1) is 0 Å². The number of H-pyrrole nitrogens is 1. The van der Waals surface area contributed by atoms with Crippen LogP contribution in [0.2, 0.25) is 0 Å². The Kier molecular flexibility index (Phi) is 11.3. The topological polar surface area (TPSA) is 129 Å². The summed E-state index contributed by atoms with van der Waals surface area (Å²) in [5.74, 6) is -4.35. The second-order valence-corrected chi connectivity index (χ2v) is 11.5. The highest BCUT2D eigenvalue weighted by Crippen LogP contribution is 2.30. The minimum atomic E-state index is -5.14. The molecule has 0 bridgehead atoms. The zero-order valence-electron chi connectivity index (χ0n) is 26.8. The highest BCUT2D eigenvalue weighted by atomic mass is 19.4. The fraction of sp³-hybridized carbons (Fsp3) is 0.211. The summed E-state index contributed by atoms with van der Waals surface area (Å²) in [5, 5.41) is 13.3. The van der Waals surface area contributed by atoms with Crippen molar-refractivity contribution in [2.75, 3.05) is 19.7 Å². The highest BCUT2D eigenvalue weighted by molar-refractivity contribution is 6.06. The number of halogens is 3. The van der Waals surface area contributed by atoms with Gasteiger partial charge in [-0.25, -0.2) is 4.79 Å². The van der Waals surface area contributed by atoms with Crippen molar-refractivity contribution in [3.05, 3.63) is 132 Å². The van der Waals surface area contributed by atoms with Crippen molar-refractivity contribution >= 4 is 34.7 Å². The van der Waals surface area contributed by atoms with Crippen molar-refractivity contribution in [3.63, 3.8) is 0 Å². The molecule has 1 aromatic heterocycles. The van der Waals surface area contributed by atoms with Gasteiger partial charge in [0.2, 0.25) is 0 Å². The van der Waals surface area contributed by atoms with E-state index in [1.54, 1.807) is 78.9 Å². The molecule has 0 radical (unpaired) electrons. The summed E-state index contributed by atoms with van der Waals surface area (Å²) in [4.78, 5) is 55.6. The molecule has 0 saturated heterocycles. The van der Waals surface area contributed by atoms with Crippen LogP contribution in [-0.4, -0.2) is 64.6 Å². The molecule has 5 aromatic rings. The van der Waals surface area contributed by atoms with Crippen molar-refractivity contribution in [2.24, 2.45) is 0 Å². The van der Waals surface area contributed by atoms with E-state index >= 15 is 0 Å². The number of nitrogens with zero attached hydrogens (tertiary/aromatic N) is 1. The van der Waals surface area contributed by atoms with Gasteiger partial charge in [0.1, 0.15) is 0 Å². The van der Waals surface area contributed by atoms with Crippen LogP contribution in [0.4, 0.5) is 13.2 Å². The van der Waals surface area contributed by atoms with Gasteiger partial charge in [0.15, 0.2) is 0 Å². The molecular formula is C38H34F3N3O6. The Morgan fingerprint density at radius 3 is 2.12 bits per heavy atom. The maximum atomic E-state index is 14.2. The van der Waals surface area contributed by atoms with Gasteiger partial charge in [0.25, 0.3) is 11.8 Å². The lowest BCUT2D eigenvalue weighted by atomic mass is 9.93. The largest absolute Gasteiger partial charge is 0.490 e. The number of carbonyl (C=O) groups is 4. The van der Waals surface area contributed by atoms with E-state index in [0.29, 0.717) is 23.1 Å². The summed E-state index contributed by atoms with van der Waals surface area (Å²) in [5.41, 5.74) is 3.81. The molecule has 0 aliphatic rings. The first-order valence-corrected chi connectivity index (χ1v) is 15.9. The molecule has 0 aliphatic carbocycles. The number of aliphatic carboxylic acids is 1. The first kappa shape index (κ1) is 35.4. The lowest BCUT2D eigenvalue weighted by Gasteiger charge is -2.24. The smallest absolute Gasteiger partial charge is 0.481 e. The number of carboxylic acid groups (broad SMARTS) is 1. The molecule has 0 saturated carbocycles. The maximum Gasteiger partial charge on any atom is 0.490 e. The zero-order chi connectivity index (χ0) is 35.7. The summed E-state index contributed by atoms with van der Waals surface area (Å²) >= 11 is 0. The van der Waals surface area contributed by atoms with Gasteiger partial charge in [0, 0.05) is 47.7 Å². The average Bonchev–Trinajstić information content (AvgIpc) is 3.53. The van der Waals surface area contributed by atoms with Gasteiger partial charge in [-0.1, -0.05) is 84.9 Å². The summed E-state index contributed by atoms with van der Waals surface area (Å²) in [6, 6.07) is 28.8. The molecule has 258 valence electrons. The van der Waals surface area contributed by atoms with Gasteiger partial charge in [-0.2, -0.15) is 13.2 Å². The third-order valence-electron chi connectivity index (χ3n) is 8.21. The zero-order valence-corrected chi connectivity index (χ0v) is 26.8. The predicted molar refractivity (Wildman–Crippen MR) is 180 cm³/mol. The minimum absolute atomic E-state index is 0.0370. The molecule has 1 unspecified atom stereocenters. The normalized spacial score (nSPS) is 11.9. The van der Waals surface area contributed by atoms with Crippen LogP contribution in [0.1, 0.15) is 50.7 Å². The Hall–Kier alpha value is -5.91. The number of esters is 1. The molecule has 3 N–H and O–H groups in total. The molecule has 2 amide bonds. The fourth-order valence-corrected chi connectivity index (χ4v) is 5.72. The quantitative estimate of drug-likeness (QED) is 0.108. The molecule has 5 rings (SSSR count). The number of hydrogen-bond donors (Lipinski definition) is 3. The number of carbonyl (C=O) groups excluding carboxylic acids is 3. The Bertz CT molecular complexity index is 1980. The summed E-state index contributed by atoms with van der Waals surface area (Å²) in [6.45, 7) is -0.394. The van der Waals surface area contributed by atoms with Crippen LogP contribution in [0.5, 0.6) is 0 Å². The monoisotopic (exact) mass is 685 g/mol. The Balaban J connectivity index is 1.41. The van der Waals surface area contributed by atoms with Gasteiger partial charge in [0.05, 0.1) is 19.1 Å². The van der Waals surface area contributed by atoms with Gasteiger partial charge in [-0.05, 0) is 46.9 Å². The lowest BCUT2D eigenvalue weighted by Crippen LogP contribution is -2.35. The second-order valence-electron chi connectivity index (χ2n) is 11.5. The number of para-hydroxylation sites is 1. The van der Waals surface area contributed by atoms with E-state index in [1.807, 2.05) is 30.5 Å². The third-order valence-corrected chi connectivity index (χ3v) is 8.21. The van der Waals surface area contributed by atoms with Gasteiger partial charge in [-0.3, -0.25) is 14.4 Å². The van der Waals surface area contributed by atoms with Crippen LogP contribution in [0.15, 0.2) is 109 Å². The molecule has 0 aliphatic heterocycles. The third kappa shape index (κ3) is 8.76. The Labute approximate surface area is 285 Å². The number of hydrogen-bond acceptors (Lipinski definition) is 5. The summed E-state index contributed by atoms with van der Waals surface area (Å²) in [6.07, 6.45) is -3.20. The maximum absolute atomic E-state index is 14.2. The molecule has 9 nitrogen and oxygen atoms in total. The molecule has 1 heterocycles. The minimum Gasteiger partial charge on any atom is -0.481 e. The molecule has 50 heavy (non-hydrogen) atoms. The van der Waals surface area contributed by atoms with E-state index in [4.69, 9.17) is 0 Å². The molecule has 1 atom stereocenters. The second kappa shape index (κ2) is 16.0. The number of ether oxygens (including phenoxy) is 1. The SMILES string of the molecule is O=C(O)CCN(CCc1c[nH]c2ccccc12)C(=O)c1ccccc1-c1ccccc1C(=O)NC(CCOC(=O)C(F)(F)F)c1ccccc1. The van der Waals surface area contributed by atoms with Crippen LogP contribution >= 0.6 is 0 Å². The number of benzene rings is 4. The van der Waals surface area contributed by atoms with Crippen molar-refractivity contribution in [1.29, 1.82) is 0 Å². The Morgan fingerprint density at radius 1 is 0.800 bits per heavy atom. The average molecular weight is 686 g/mol. The van der Waals surface area contributed by atoms with E-state index in [9.17, 15) is 37.5 Å². The van der Waals surface area contributed by atoms with Crippen LogP contribution in [-0.2, 0) is 20.7 Å². The summed E-state index contributed by atoms with van der Waals surface area (Å²) in [7, 11) is 0. The number of aromatic amines is 1. The van der Waals surface area contributed by atoms with E-state index < -0.39 is 42.6 Å². The fourth-order valence-electron chi connectivity index (χ4n) is 5.72. The van der Waals surface area contributed by atoms with Crippen molar-refractivity contribution in [2.45, 2.75) is 31.5 Å². The number of alkyl halides is 3. The van der Waals surface area contributed by atoms with E-state index in [0.717, 1.165) is 16.5 Å². The molecular weight excluding hydrogens is 651 g/mol. The van der Waals surface area contributed by atoms with Crippen LogP contribution in [0.25, 0.3) is 22.0 Å². The number of aromatic nitrogens is 1. The summed E-state index contributed by atoms with van der Waals surface area (Å²) < 4.78 is 42.6. The number of amides is 2.